The van der Waals surface area contributed by atoms with Gasteiger partial charge >= 0.3 is 0 Å². The van der Waals surface area contributed by atoms with Crippen LogP contribution in [0.1, 0.15) is 34.1 Å². The fourth-order valence-corrected chi connectivity index (χ4v) is 3.27. The zero-order valence-corrected chi connectivity index (χ0v) is 13.3. The van der Waals surface area contributed by atoms with Crippen LogP contribution in [0.4, 0.5) is 0 Å². The van der Waals surface area contributed by atoms with Crippen LogP contribution in [0.15, 0.2) is 66.7 Å². The van der Waals surface area contributed by atoms with E-state index in [4.69, 9.17) is 4.74 Å². The van der Waals surface area contributed by atoms with Gasteiger partial charge in [0, 0.05) is 5.56 Å². The number of fused-ring (bicyclic) bond motifs is 3. The van der Waals surface area contributed by atoms with Gasteiger partial charge in [0.15, 0.2) is 11.4 Å². The van der Waals surface area contributed by atoms with E-state index in [0.717, 1.165) is 10.8 Å². The third-order valence-corrected chi connectivity index (χ3v) is 4.53. The lowest BCUT2D eigenvalue weighted by Gasteiger charge is -2.21. The summed E-state index contributed by atoms with van der Waals surface area (Å²) in [6.07, 6.45) is 0.0266. The first-order valence-electron chi connectivity index (χ1n) is 7.92. The van der Waals surface area contributed by atoms with Crippen molar-refractivity contribution in [2.45, 2.75) is 18.9 Å². The van der Waals surface area contributed by atoms with Crippen LogP contribution in [-0.2, 0) is 0 Å². The molecule has 118 valence electrons. The molecule has 3 nitrogen and oxygen atoms in total. The lowest BCUT2D eigenvalue weighted by atomic mass is 9.88. The Labute approximate surface area is 139 Å². The van der Waals surface area contributed by atoms with Crippen molar-refractivity contribution in [1.82, 2.24) is 0 Å². The third-order valence-electron chi connectivity index (χ3n) is 4.53. The second kappa shape index (κ2) is 5.31. The Morgan fingerprint density at radius 2 is 1.67 bits per heavy atom. The zero-order valence-electron chi connectivity index (χ0n) is 13.3. The summed E-state index contributed by atoms with van der Waals surface area (Å²) in [6.45, 7) is 1.70. The normalized spacial score (nSPS) is 19.1. The molecule has 0 spiro atoms. The van der Waals surface area contributed by atoms with E-state index in [2.05, 4.69) is 0 Å². The molecule has 0 radical (unpaired) electrons. The van der Waals surface area contributed by atoms with Crippen LogP contribution >= 0.6 is 0 Å². The highest BCUT2D eigenvalue weighted by molar-refractivity contribution is 6.17. The van der Waals surface area contributed by atoms with Crippen LogP contribution in [-0.4, -0.2) is 17.2 Å². The molecule has 0 aliphatic carbocycles. The van der Waals surface area contributed by atoms with Gasteiger partial charge in [-0.3, -0.25) is 9.59 Å². The number of hydrogen-bond acceptors (Lipinski definition) is 3. The van der Waals surface area contributed by atoms with Crippen LogP contribution < -0.4 is 4.74 Å². The first-order valence-corrected chi connectivity index (χ1v) is 7.92. The van der Waals surface area contributed by atoms with E-state index in [1.54, 1.807) is 19.1 Å². The summed E-state index contributed by atoms with van der Waals surface area (Å²) in [5.74, 6) is 0.337. The summed E-state index contributed by atoms with van der Waals surface area (Å²) in [7, 11) is 0. The lowest BCUT2D eigenvalue weighted by Crippen LogP contribution is -2.38. The summed E-state index contributed by atoms with van der Waals surface area (Å²) in [4.78, 5) is 25.6. The molecule has 0 aromatic heterocycles. The Morgan fingerprint density at radius 1 is 0.958 bits per heavy atom. The fraction of sp³-hybridized carbons (Fsp3) is 0.143. The number of benzene rings is 3. The van der Waals surface area contributed by atoms with E-state index in [9.17, 15) is 9.59 Å². The van der Waals surface area contributed by atoms with Gasteiger partial charge in [-0.1, -0.05) is 60.7 Å². The number of Topliss-reactive ketones (excluding diaryl/α,β-unsaturated/α-hetero) is 2. The van der Waals surface area contributed by atoms with Crippen molar-refractivity contribution in [3.8, 4) is 5.75 Å². The molecule has 1 aliphatic heterocycles. The number of hydrogen-bond donors (Lipinski definition) is 0. The Kier molecular flexibility index (Phi) is 3.24. The van der Waals surface area contributed by atoms with Gasteiger partial charge in [-0.25, -0.2) is 0 Å². The predicted octanol–water partition coefficient (Wildman–Crippen LogP) is 4.45. The van der Waals surface area contributed by atoms with Crippen LogP contribution in [0, 0.1) is 0 Å². The lowest BCUT2D eigenvalue weighted by molar-refractivity contribution is 0.0554. The monoisotopic (exact) mass is 316 g/mol. The predicted molar refractivity (Wildman–Crippen MR) is 92.7 cm³/mol. The summed E-state index contributed by atoms with van der Waals surface area (Å²) in [5, 5.41) is 1.86. The molecule has 1 heterocycles. The van der Waals surface area contributed by atoms with Crippen LogP contribution in [0.5, 0.6) is 5.75 Å². The van der Waals surface area contributed by atoms with Gasteiger partial charge in [0.2, 0.25) is 5.78 Å². The van der Waals surface area contributed by atoms with Crippen LogP contribution in [0.2, 0.25) is 0 Å². The molecule has 3 aromatic carbocycles. The summed E-state index contributed by atoms with van der Waals surface area (Å²) >= 11 is 0. The minimum Gasteiger partial charge on any atom is -0.478 e. The summed E-state index contributed by atoms with van der Waals surface area (Å²) in [6, 6.07) is 20.5. The van der Waals surface area contributed by atoms with Crippen LogP contribution in [0.25, 0.3) is 10.8 Å². The summed E-state index contributed by atoms with van der Waals surface area (Å²) < 4.78 is 5.94. The maximum absolute atomic E-state index is 13.0. The second-order valence-electron chi connectivity index (χ2n) is 6.29. The molecule has 0 N–H and O–H groups in total. The highest BCUT2D eigenvalue weighted by atomic mass is 16.5. The minimum atomic E-state index is -1.15. The quantitative estimate of drug-likeness (QED) is 0.671. The standard InChI is InChI=1S/C21H16O3/c1-21(13-17(22)15-8-3-2-4-9-15)20(23)19-16-10-6-5-7-14(16)11-12-18(19)24-21/h2-12H,13H2,1H3. The molecule has 1 atom stereocenters. The van der Waals surface area contributed by atoms with Gasteiger partial charge in [-0.15, -0.1) is 0 Å². The zero-order chi connectivity index (χ0) is 16.7. The Balaban J connectivity index is 1.72. The highest BCUT2D eigenvalue weighted by Gasteiger charge is 2.46. The van der Waals surface area contributed by atoms with E-state index in [0.29, 0.717) is 16.9 Å². The molecule has 0 fully saturated rings. The maximum Gasteiger partial charge on any atom is 0.210 e. The van der Waals surface area contributed by atoms with Gasteiger partial charge in [0.25, 0.3) is 0 Å². The van der Waals surface area contributed by atoms with Crippen molar-refractivity contribution in [2.75, 3.05) is 0 Å². The van der Waals surface area contributed by atoms with E-state index < -0.39 is 5.60 Å². The van der Waals surface area contributed by atoms with Gasteiger partial charge in [-0.05, 0) is 23.8 Å². The van der Waals surface area contributed by atoms with Gasteiger partial charge < -0.3 is 4.74 Å². The summed E-state index contributed by atoms with van der Waals surface area (Å²) in [5.41, 5.74) is 0.0201. The van der Waals surface area contributed by atoms with Crippen molar-refractivity contribution >= 4 is 22.3 Å². The third kappa shape index (κ3) is 2.21. The number of carbonyl (C=O) groups is 2. The van der Waals surface area contributed by atoms with Crippen molar-refractivity contribution in [3.63, 3.8) is 0 Å². The maximum atomic E-state index is 13.0. The first kappa shape index (κ1) is 14.6. The molecule has 3 heteroatoms. The van der Waals surface area contributed by atoms with E-state index in [-0.39, 0.29) is 18.0 Å². The Hall–Kier alpha value is -2.94. The Morgan fingerprint density at radius 3 is 2.46 bits per heavy atom. The van der Waals surface area contributed by atoms with Crippen molar-refractivity contribution in [3.05, 3.63) is 77.9 Å². The highest BCUT2D eigenvalue weighted by Crippen LogP contribution is 2.41. The average Bonchev–Trinajstić information content (AvgIpc) is 2.86. The molecule has 24 heavy (non-hydrogen) atoms. The molecule has 0 saturated carbocycles. The molecule has 0 bridgehead atoms. The number of ketones is 2. The second-order valence-corrected chi connectivity index (χ2v) is 6.29. The fourth-order valence-electron chi connectivity index (χ4n) is 3.27. The molecular formula is C21H16O3. The minimum absolute atomic E-state index is 0.0266. The van der Waals surface area contributed by atoms with E-state index in [1.165, 1.54) is 0 Å². The number of rotatable bonds is 3. The van der Waals surface area contributed by atoms with E-state index >= 15 is 0 Å². The number of ether oxygens (including phenoxy) is 1. The molecule has 1 unspecified atom stereocenters. The molecule has 0 amide bonds. The molecular weight excluding hydrogens is 300 g/mol. The van der Waals surface area contributed by atoms with Crippen LogP contribution in [0.3, 0.4) is 0 Å². The molecule has 4 rings (SSSR count). The van der Waals surface area contributed by atoms with Crippen molar-refractivity contribution in [1.29, 1.82) is 0 Å². The average molecular weight is 316 g/mol. The topological polar surface area (TPSA) is 43.4 Å². The van der Waals surface area contributed by atoms with Gasteiger partial charge in [0.1, 0.15) is 5.75 Å². The van der Waals surface area contributed by atoms with Crippen molar-refractivity contribution in [2.24, 2.45) is 0 Å². The van der Waals surface area contributed by atoms with Crippen molar-refractivity contribution < 1.29 is 14.3 Å². The van der Waals surface area contributed by atoms with Gasteiger partial charge in [-0.2, -0.15) is 0 Å². The van der Waals surface area contributed by atoms with Gasteiger partial charge in [0.05, 0.1) is 12.0 Å². The molecule has 3 aromatic rings. The first-order chi connectivity index (χ1) is 11.6. The smallest absolute Gasteiger partial charge is 0.210 e. The largest absolute Gasteiger partial charge is 0.478 e. The molecule has 1 aliphatic rings. The Bertz CT molecular complexity index is 959. The SMILES string of the molecule is CC1(CC(=O)c2ccccc2)Oc2ccc3ccccc3c2C1=O. The molecule has 0 saturated heterocycles. The number of carbonyl (C=O) groups excluding carboxylic acids is 2. The van der Waals surface area contributed by atoms with E-state index in [1.807, 2.05) is 54.6 Å².